The van der Waals surface area contributed by atoms with Crippen LogP contribution in [0, 0.1) is 0 Å². The van der Waals surface area contributed by atoms with Gasteiger partial charge in [0.05, 0.1) is 12.7 Å². The first-order valence-corrected chi connectivity index (χ1v) is 9.85. The molecule has 1 heterocycles. The molecule has 2 aromatic carbocycles. The molecule has 0 amide bonds. The summed E-state index contributed by atoms with van der Waals surface area (Å²) in [6.07, 6.45) is 6.22. The van der Waals surface area contributed by atoms with E-state index in [1.54, 1.807) is 0 Å². The Labute approximate surface area is 157 Å². The lowest BCUT2D eigenvalue weighted by Gasteiger charge is -2.19. The van der Waals surface area contributed by atoms with E-state index < -0.39 is 0 Å². The molecule has 2 atom stereocenters. The van der Waals surface area contributed by atoms with Crippen molar-refractivity contribution >= 4 is 0 Å². The normalized spacial score (nSPS) is 20.4. The van der Waals surface area contributed by atoms with E-state index in [9.17, 15) is 5.11 Å². The van der Waals surface area contributed by atoms with E-state index in [1.165, 1.54) is 24.0 Å². The molecule has 0 aliphatic carbocycles. The lowest BCUT2D eigenvalue weighted by Crippen LogP contribution is -2.26. The number of likely N-dealkylation sites (N-methyl/N-ethyl adjacent to an activating group) is 1. The van der Waals surface area contributed by atoms with E-state index >= 15 is 0 Å². The minimum absolute atomic E-state index is 0.179. The largest absolute Gasteiger partial charge is 0.493 e. The van der Waals surface area contributed by atoms with Gasteiger partial charge in [0, 0.05) is 12.6 Å². The van der Waals surface area contributed by atoms with Gasteiger partial charge in [-0.1, -0.05) is 48.5 Å². The van der Waals surface area contributed by atoms with Gasteiger partial charge in [-0.05, 0) is 62.8 Å². The Morgan fingerprint density at radius 1 is 1.00 bits per heavy atom. The molecule has 1 fully saturated rings. The molecule has 0 bridgehead atoms. The summed E-state index contributed by atoms with van der Waals surface area (Å²) in [7, 11) is 2.08. The zero-order valence-electron chi connectivity index (χ0n) is 15.8. The number of aryl methyl sites for hydroxylation is 2. The molecule has 3 heteroatoms. The van der Waals surface area contributed by atoms with Crippen molar-refractivity contribution in [2.75, 3.05) is 20.2 Å². The van der Waals surface area contributed by atoms with Crippen molar-refractivity contribution in [3.8, 4) is 5.75 Å². The third-order valence-electron chi connectivity index (χ3n) is 5.35. The number of nitrogens with zero attached hydrogens (tertiary/aromatic N) is 1. The van der Waals surface area contributed by atoms with Crippen molar-refractivity contribution in [1.29, 1.82) is 0 Å². The minimum atomic E-state index is -0.179. The first-order chi connectivity index (χ1) is 12.7. The monoisotopic (exact) mass is 353 g/mol. The van der Waals surface area contributed by atoms with E-state index in [1.807, 2.05) is 6.07 Å². The van der Waals surface area contributed by atoms with Crippen LogP contribution in [0.15, 0.2) is 54.6 Å². The molecule has 0 radical (unpaired) electrons. The van der Waals surface area contributed by atoms with Crippen LogP contribution in [0.4, 0.5) is 0 Å². The first-order valence-electron chi connectivity index (χ1n) is 9.85. The molecule has 0 aromatic heterocycles. The Hall–Kier alpha value is -1.84. The van der Waals surface area contributed by atoms with E-state index in [2.05, 4.69) is 60.5 Å². The molecule has 1 saturated heterocycles. The maximum Gasteiger partial charge on any atom is 0.122 e. The molecule has 1 aliphatic rings. The van der Waals surface area contributed by atoms with Gasteiger partial charge in [-0.3, -0.25) is 0 Å². The molecule has 2 aromatic rings. The van der Waals surface area contributed by atoms with Crippen LogP contribution in [-0.2, 0) is 12.8 Å². The summed E-state index contributed by atoms with van der Waals surface area (Å²) in [5.74, 6) is 1.02. The van der Waals surface area contributed by atoms with Crippen molar-refractivity contribution < 1.29 is 9.84 Å². The highest BCUT2D eigenvalue weighted by molar-refractivity contribution is 5.33. The number of likely N-dealkylation sites (tertiary alicyclic amines) is 1. The summed E-state index contributed by atoms with van der Waals surface area (Å²) in [5, 5.41) is 9.75. The summed E-state index contributed by atoms with van der Waals surface area (Å²) in [6, 6.07) is 19.5. The predicted molar refractivity (Wildman–Crippen MR) is 107 cm³/mol. The maximum absolute atomic E-state index is 9.75. The van der Waals surface area contributed by atoms with Crippen LogP contribution >= 0.6 is 0 Å². The smallest absolute Gasteiger partial charge is 0.122 e. The van der Waals surface area contributed by atoms with Crippen molar-refractivity contribution in [3.63, 3.8) is 0 Å². The number of hydrogen-bond donors (Lipinski definition) is 1. The lowest BCUT2D eigenvalue weighted by molar-refractivity contribution is 0.182. The molecule has 140 valence electrons. The van der Waals surface area contributed by atoms with Crippen LogP contribution in [-0.4, -0.2) is 42.4 Å². The van der Waals surface area contributed by atoms with Gasteiger partial charge < -0.3 is 14.7 Å². The summed E-state index contributed by atoms with van der Waals surface area (Å²) in [4.78, 5) is 2.24. The fraction of sp³-hybridized carbons (Fsp3) is 0.478. The second-order valence-corrected chi connectivity index (χ2v) is 7.42. The average molecular weight is 354 g/mol. The number of benzene rings is 2. The van der Waals surface area contributed by atoms with E-state index in [0.717, 1.165) is 38.0 Å². The number of β-amino-alcohol motifs (C(OH)–C–C–N with tert-alkyl or cyclic N) is 1. The van der Waals surface area contributed by atoms with Crippen LogP contribution < -0.4 is 4.74 Å². The quantitative estimate of drug-likeness (QED) is 0.689. The second kappa shape index (κ2) is 9.75. The second-order valence-electron chi connectivity index (χ2n) is 7.42. The molecular formula is C23H31NO2. The Balaban J connectivity index is 1.42. The summed E-state index contributed by atoms with van der Waals surface area (Å²) < 4.78 is 6.09. The van der Waals surface area contributed by atoms with Crippen molar-refractivity contribution in [2.24, 2.45) is 0 Å². The molecule has 0 unspecified atom stereocenters. The van der Waals surface area contributed by atoms with Crippen LogP contribution in [0.2, 0.25) is 0 Å². The number of hydrogen-bond acceptors (Lipinski definition) is 3. The number of unbranched alkanes of at least 4 members (excludes halogenated alkanes) is 1. The fourth-order valence-electron chi connectivity index (χ4n) is 3.83. The van der Waals surface area contributed by atoms with Crippen LogP contribution in [0.3, 0.4) is 0 Å². The Kier molecular flexibility index (Phi) is 7.10. The maximum atomic E-state index is 9.75. The van der Waals surface area contributed by atoms with Crippen LogP contribution in [0.1, 0.15) is 36.8 Å². The van der Waals surface area contributed by atoms with Gasteiger partial charge in [0.1, 0.15) is 5.75 Å². The zero-order valence-corrected chi connectivity index (χ0v) is 15.8. The van der Waals surface area contributed by atoms with E-state index in [4.69, 9.17) is 4.74 Å². The third-order valence-corrected chi connectivity index (χ3v) is 5.35. The Morgan fingerprint density at radius 3 is 2.50 bits per heavy atom. The van der Waals surface area contributed by atoms with Gasteiger partial charge >= 0.3 is 0 Å². The standard InChI is InChI=1S/C23H31NO2/c1-24-18-22(25)17-21(24)15-16-26-23-14-8-7-13-20(23)12-6-5-11-19-9-3-2-4-10-19/h2-4,7-10,13-14,21-22,25H,5-6,11-12,15-18H2,1H3/t21-,22-/m1/s1. The predicted octanol–water partition coefficient (Wildman–Crippen LogP) is 4.09. The van der Waals surface area contributed by atoms with Gasteiger partial charge in [0.15, 0.2) is 0 Å². The van der Waals surface area contributed by atoms with Crippen molar-refractivity contribution in [3.05, 3.63) is 65.7 Å². The van der Waals surface area contributed by atoms with Crippen LogP contribution in [0.25, 0.3) is 0 Å². The number of aliphatic hydroxyl groups is 1. The first kappa shape index (κ1) is 18.9. The van der Waals surface area contributed by atoms with Crippen LogP contribution in [0.5, 0.6) is 5.75 Å². The minimum Gasteiger partial charge on any atom is -0.493 e. The highest BCUT2D eigenvalue weighted by atomic mass is 16.5. The molecule has 26 heavy (non-hydrogen) atoms. The van der Waals surface area contributed by atoms with Crippen molar-refractivity contribution in [1.82, 2.24) is 4.90 Å². The average Bonchev–Trinajstić information content (AvgIpc) is 2.98. The fourth-order valence-corrected chi connectivity index (χ4v) is 3.83. The number of para-hydroxylation sites is 1. The Morgan fingerprint density at radius 2 is 1.73 bits per heavy atom. The van der Waals surface area contributed by atoms with Gasteiger partial charge in [0.2, 0.25) is 0 Å². The summed E-state index contributed by atoms with van der Waals surface area (Å²) in [5.41, 5.74) is 2.72. The highest BCUT2D eigenvalue weighted by Gasteiger charge is 2.27. The number of rotatable bonds is 9. The molecule has 1 N–H and O–H groups in total. The van der Waals surface area contributed by atoms with Gasteiger partial charge in [-0.25, -0.2) is 0 Å². The molecule has 0 saturated carbocycles. The molecule has 3 nitrogen and oxygen atoms in total. The number of aliphatic hydroxyl groups excluding tert-OH is 1. The van der Waals surface area contributed by atoms with Gasteiger partial charge in [-0.2, -0.15) is 0 Å². The highest BCUT2D eigenvalue weighted by Crippen LogP contribution is 2.23. The van der Waals surface area contributed by atoms with Gasteiger partial charge in [0.25, 0.3) is 0 Å². The Bertz CT molecular complexity index is 658. The van der Waals surface area contributed by atoms with Crippen molar-refractivity contribution in [2.45, 2.75) is 50.7 Å². The van der Waals surface area contributed by atoms with E-state index in [0.29, 0.717) is 12.6 Å². The topological polar surface area (TPSA) is 32.7 Å². The number of ether oxygens (including phenoxy) is 1. The van der Waals surface area contributed by atoms with E-state index in [-0.39, 0.29) is 6.10 Å². The van der Waals surface area contributed by atoms with Gasteiger partial charge in [-0.15, -0.1) is 0 Å². The summed E-state index contributed by atoms with van der Waals surface area (Å²) in [6.45, 7) is 1.49. The SMILES string of the molecule is CN1C[C@H](O)C[C@H]1CCOc1ccccc1CCCCc1ccccc1. The molecular weight excluding hydrogens is 322 g/mol. The molecule has 0 spiro atoms. The third kappa shape index (κ3) is 5.58. The summed E-state index contributed by atoms with van der Waals surface area (Å²) >= 11 is 0. The molecule has 3 rings (SSSR count). The zero-order chi connectivity index (χ0) is 18.2. The lowest BCUT2D eigenvalue weighted by atomic mass is 10.0. The molecule has 1 aliphatic heterocycles.